The summed E-state index contributed by atoms with van der Waals surface area (Å²) in [7, 11) is 0. The van der Waals surface area contributed by atoms with Gasteiger partial charge in [-0.15, -0.1) is 24.8 Å². The Morgan fingerprint density at radius 1 is 1.00 bits per heavy atom. The third-order valence-corrected chi connectivity index (χ3v) is 3.97. The molecule has 0 fully saturated rings. The Morgan fingerprint density at radius 3 is 2.23 bits per heavy atom. The highest BCUT2D eigenvalue weighted by molar-refractivity contribution is 5.85. The largest absolute Gasteiger partial charge is 0.390 e. The number of benzene rings is 2. The van der Waals surface area contributed by atoms with Crippen LogP contribution in [0.2, 0.25) is 0 Å². The predicted octanol–water partition coefficient (Wildman–Crippen LogP) is 3.39. The number of nitrogens with one attached hydrogen (secondary N) is 1. The van der Waals surface area contributed by atoms with Crippen LogP contribution in [0.3, 0.4) is 0 Å². The number of aliphatic hydroxyl groups excluding tert-OH is 1. The maximum Gasteiger partial charge on any atom is 0.126 e. The molecule has 3 nitrogen and oxygen atoms in total. The van der Waals surface area contributed by atoms with E-state index < -0.39 is 23.8 Å². The Kier molecular flexibility index (Phi) is 11.6. The molecule has 0 spiro atoms. The van der Waals surface area contributed by atoms with Gasteiger partial charge < -0.3 is 16.2 Å². The molecule has 0 aliphatic heterocycles. The van der Waals surface area contributed by atoms with Crippen molar-refractivity contribution >= 4 is 24.8 Å². The highest BCUT2D eigenvalue weighted by Gasteiger charge is 2.16. The van der Waals surface area contributed by atoms with Crippen molar-refractivity contribution in [2.24, 2.45) is 5.73 Å². The molecule has 2 atom stereocenters. The van der Waals surface area contributed by atoms with Gasteiger partial charge >= 0.3 is 0 Å². The van der Waals surface area contributed by atoms with E-state index >= 15 is 0 Å². The molecule has 2 rings (SSSR count). The number of aryl methyl sites for hydroxylation is 1. The molecule has 4 N–H and O–H groups in total. The SMILES string of the molecule is CCc1cccc(CNC[C@@H](O)[C@@H](N)Cc2cc(F)cc(F)c2)c1.Cl.Cl. The maximum atomic E-state index is 13.2. The van der Waals surface area contributed by atoms with Crippen LogP contribution in [0.15, 0.2) is 42.5 Å². The number of rotatable bonds is 8. The Balaban J connectivity index is 0.00000312. The minimum atomic E-state index is -0.800. The molecule has 0 amide bonds. The van der Waals surface area contributed by atoms with Crippen molar-refractivity contribution in [2.75, 3.05) is 6.54 Å². The van der Waals surface area contributed by atoms with Crippen LogP contribution in [0.25, 0.3) is 0 Å². The van der Waals surface area contributed by atoms with Gasteiger partial charge in [0.1, 0.15) is 11.6 Å². The molecule has 26 heavy (non-hydrogen) atoms. The van der Waals surface area contributed by atoms with E-state index in [9.17, 15) is 13.9 Å². The van der Waals surface area contributed by atoms with Gasteiger partial charge in [0.15, 0.2) is 0 Å². The maximum absolute atomic E-state index is 13.2. The molecular weight excluding hydrogens is 381 g/mol. The van der Waals surface area contributed by atoms with Gasteiger partial charge in [-0.05, 0) is 41.7 Å². The van der Waals surface area contributed by atoms with Crippen molar-refractivity contribution in [2.45, 2.75) is 38.5 Å². The zero-order valence-corrected chi connectivity index (χ0v) is 16.3. The van der Waals surface area contributed by atoms with E-state index in [-0.39, 0.29) is 31.2 Å². The second-order valence-electron chi connectivity index (χ2n) is 6.02. The van der Waals surface area contributed by atoms with E-state index in [4.69, 9.17) is 5.73 Å². The van der Waals surface area contributed by atoms with Crippen LogP contribution in [-0.2, 0) is 19.4 Å². The second kappa shape index (κ2) is 12.2. The summed E-state index contributed by atoms with van der Waals surface area (Å²) in [5.74, 6) is -1.28. The summed E-state index contributed by atoms with van der Waals surface area (Å²) in [6.07, 6.45) is 0.389. The highest BCUT2D eigenvalue weighted by atomic mass is 35.5. The minimum Gasteiger partial charge on any atom is -0.390 e. The summed E-state index contributed by atoms with van der Waals surface area (Å²) >= 11 is 0. The number of aliphatic hydroxyl groups is 1. The molecule has 0 radical (unpaired) electrons. The molecule has 0 bridgehead atoms. The first-order valence-electron chi connectivity index (χ1n) is 8.15. The lowest BCUT2D eigenvalue weighted by atomic mass is 10.0. The summed E-state index contributed by atoms with van der Waals surface area (Å²) in [4.78, 5) is 0. The topological polar surface area (TPSA) is 58.3 Å². The molecule has 2 aromatic carbocycles. The quantitative estimate of drug-likeness (QED) is 0.629. The smallest absolute Gasteiger partial charge is 0.126 e. The van der Waals surface area contributed by atoms with E-state index in [1.54, 1.807) is 0 Å². The molecular formula is C19H26Cl2F2N2O. The van der Waals surface area contributed by atoms with E-state index in [1.807, 2.05) is 12.1 Å². The van der Waals surface area contributed by atoms with Crippen LogP contribution in [0.4, 0.5) is 8.78 Å². The fraction of sp³-hybridized carbons (Fsp3) is 0.368. The highest BCUT2D eigenvalue weighted by Crippen LogP contribution is 2.11. The van der Waals surface area contributed by atoms with Crippen LogP contribution in [-0.4, -0.2) is 23.8 Å². The van der Waals surface area contributed by atoms with Gasteiger partial charge in [0.25, 0.3) is 0 Å². The predicted molar refractivity (Wildman–Crippen MR) is 106 cm³/mol. The molecule has 0 aromatic heterocycles. The molecule has 7 heteroatoms. The lowest BCUT2D eigenvalue weighted by Crippen LogP contribution is -2.43. The van der Waals surface area contributed by atoms with Gasteiger partial charge in [0, 0.05) is 25.2 Å². The van der Waals surface area contributed by atoms with E-state index in [0.717, 1.165) is 18.1 Å². The van der Waals surface area contributed by atoms with Crippen molar-refractivity contribution < 1.29 is 13.9 Å². The summed E-state index contributed by atoms with van der Waals surface area (Å²) in [5, 5.41) is 13.3. The first kappa shape index (κ1) is 24.8. The van der Waals surface area contributed by atoms with Gasteiger partial charge in [0.05, 0.1) is 6.10 Å². The molecule has 0 unspecified atom stereocenters. The minimum absolute atomic E-state index is 0. The van der Waals surface area contributed by atoms with E-state index in [0.29, 0.717) is 18.7 Å². The average Bonchev–Trinajstić information content (AvgIpc) is 2.54. The monoisotopic (exact) mass is 406 g/mol. The Hall–Kier alpha value is -1.24. The fourth-order valence-electron chi connectivity index (χ4n) is 2.61. The fourth-order valence-corrected chi connectivity index (χ4v) is 2.61. The summed E-state index contributed by atoms with van der Waals surface area (Å²) in [5.41, 5.74) is 8.78. The zero-order valence-electron chi connectivity index (χ0n) is 14.6. The van der Waals surface area contributed by atoms with Crippen LogP contribution < -0.4 is 11.1 Å². The molecule has 146 valence electrons. The van der Waals surface area contributed by atoms with Crippen molar-refractivity contribution in [3.63, 3.8) is 0 Å². The number of halogens is 4. The number of nitrogens with two attached hydrogens (primary N) is 1. The van der Waals surface area contributed by atoms with Crippen LogP contribution in [0, 0.1) is 11.6 Å². The first-order valence-corrected chi connectivity index (χ1v) is 8.15. The molecule has 2 aromatic rings. The molecule has 0 aliphatic rings. The van der Waals surface area contributed by atoms with Crippen LogP contribution >= 0.6 is 24.8 Å². The summed E-state index contributed by atoms with van der Waals surface area (Å²) < 4.78 is 26.4. The average molecular weight is 407 g/mol. The lowest BCUT2D eigenvalue weighted by molar-refractivity contribution is 0.141. The normalized spacial score (nSPS) is 12.7. The van der Waals surface area contributed by atoms with E-state index in [2.05, 4.69) is 24.4 Å². The second-order valence-corrected chi connectivity index (χ2v) is 6.02. The van der Waals surface area contributed by atoms with Gasteiger partial charge in [0.2, 0.25) is 0 Å². The van der Waals surface area contributed by atoms with Crippen molar-refractivity contribution in [3.05, 3.63) is 70.8 Å². The Labute approximate surface area is 165 Å². The number of hydrogen-bond donors (Lipinski definition) is 3. The summed E-state index contributed by atoms with van der Waals surface area (Å²) in [6.45, 7) is 3.05. The van der Waals surface area contributed by atoms with Crippen LogP contribution in [0.1, 0.15) is 23.6 Å². The lowest BCUT2D eigenvalue weighted by Gasteiger charge is -2.19. The molecule has 0 saturated heterocycles. The van der Waals surface area contributed by atoms with Crippen molar-refractivity contribution in [1.82, 2.24) is 5.32 Å². The third-order valence-electron chi connectivity index (χ3n) is 3.97. The standard InChI is InChI=1S/C19H24F2N2O.2ClH/c1-2-13-4-3-5-14(6-13)11-23-12-19(24)18(22)9-15-7-16(20)10-17(21)8-15;;/h3-8,10,18-19,23-24H,2,9,11-12,22H2,1H3;2*1H/t18-,19+;;/m0../s1. The third kappa shape index (κ3) is 7.98. The van der Waals surface area contributed by atoms with Crippen LogP contribution in [0.5, 0.6) is 0 Å². The van der Waals surface area contributed by atoms with Gasteiger partial charge in [-0.1, -0.05) is 31.2 Å². The Bertz CT molecular complexity index is 653. The first-order chi connectivity index (χ1) is 11.5. The number of hydrogen-bond acceptors (Lipinski definition) is 3. The molecule has 0 aliphatic carbocycles. The summed E-state index contributed by atoms with van der Waals surface area (Å²) in [6, 6.07) is 10.9. The zero-order chi connectivity index (χ0) is 17.5. The molecule has 0 heterocycles. The van der Waals surface area contributed by atoms with Crippen molar-refractivity contribution in [3.8, 4) is 0 Å². The van der Waals surface area contributed by atoms with Gasteiger partial charge in [-0.2, -0.15) is 0 Å². The van der Waals surface area contributed by atoms with Gasteiger partial charge in [-0.25, -0.2) is 8.78 Å². The van der Waals surface area contributed by atoms with E-state index in [1.165, 1.54) is 17.7 Å². The Morgan fingerprint density at radius 2 is 1.62 bits per heavy atom. The van der Waals surface area contributed by atoms with Gasteiger partial charge in [-0.3, -0.25) is 0 Å². The molecule has 0 saturated carbocycles. The van der Waals surface area contributed by atoms with Crippen molar-refractivity contribution in [1.29, 1.82) is 0 Å².